The van der Waals surface area contributed by atoms with E-state index in [1.165, 1.54) is 6.07 Å². The minimum absolute atomic E-state index is 0.291. The number of aromatic nitrogens is 1. The summed E-state index contributed by atoms with van der Waals surface area (Å²) in [5, 5.41) is 12.3. The number of hydrogen-bond acceptors (Lipinski definition) is 3. The molecule has 0 aliphatic rings. The quantitative estimate of drug-likeness (QED) is 0.833. The molecule has 18 heavy (non-hydrogen) atoms. The number of aryl methyl sites for hydroxylation is 1. The summed E-state index contributed by atoms with van der Waals surface area (Å²) in [5.74, 6) is 0.545. The van der Waals surface area contributed by atoms with Crippen LogP contribution in [0.3, 0.4) is 0 Å². The van der Waals surface area contributed by atoms with Gasteiger partial charge in [-0.3, -0.25) is 0 Å². The normalized spacial score (nSPS) is 9.89. The standard InChI is InChI=1S/C13H9BrClN3/c1-8-2-3-11(10(14)4-8)17-13-6-9(7-16)5-12(15)18-13/h2-6H,1H3,(H,17,18). The van der Waals surface area contributed by atoms with Gasteiger partial charge in [0, 0.05) is 4.47 Å². The molecule has 1 aromatic heterocycles. The second-order valence-electron chi connectivity index (χ2n) is 3.78. The third-order valence-corrected chi connectivity index (χ3v) is 3.16. The fourth-order valence-electron chi connectivity index (χ4n) is 1.48. The van der Waals surface area contributed by atoms with E-state index in [1.807, 2.05) is 31.2 Å². The van der Waals surface area contributed by atoms with E-state index >= 15 is 0 Å². The van der Waals surface area contributed by atoms with Crippen molar-refractivity contribution < 1.29 is 0 Å². The molecule has 0 aliphatic heterocycles. The zero-order chi connectivity index (χ0) is 13.1. The summed E-state index contributed by atoms with van der Waals surface area (Å²) in [6.07, 6.45) is 0. The summed E-state index contributed by atoms with van der Waals surface area (Å²) >= 11 is 9.32. The van der Waals surface area contributed by atoms with Gasteiger partial charge in [0.25, 0.3) is 0 Å². The van der Waals surface area contributed by atoms with Crippen LogP contribution in [0.15, 0.2) is 34.8 Å². The predicted octanol–water partition coefficient (Wildman–Crippen LogP) is 4.42. The van der Waals surface area contributed by atoms with Crippen LogP contribution in [-0.4, -0.2) is 4.98 Å². The largest absolute Gasteiger partial charge is 0.339 e. The Labute approximate surface area is 119 Å². The average Bonchev–Trinajstić information content (AvgIpc) is 2.32. The molecule has 0 saturated carbocycles. The van der Waals surface area contributed by atoms with Crippen LogP contribution in [0, 0.1) is 18.3 Å². The molecule has 0 aliphatic carbocycles. The number of halogens is 2. The highest BCUT2D eigenvalue weighted by molar-refractivity contribution is 9.10. The molecule has 3 nitrogen and oxygen atoms in total. The van der Waals surface area contributed by atoms with Gasteiger partial charge in [0.1, 0.15) is 11.0 Å². The van der Waals surface area contributed by atoms with Gasteiger partial charge in [-0.2, -0.15) is 5.26 Å². The Kier molecular flexibility index (Phi) is 3.85. The van der Waals surface area contributed by atoms with Crippen LogP contribution >= 0.6 is 27.5 Å². The highest BCUT2D eigenvalue weighted by atomic mass is 79.9. The van der Waals surface area contributed by atoms with Crippen molar-refractivity contribution in [2.45, 2.75) is 6.92 Å². The Morgan fingerprint density at radius 1 is 1.33 bits per heavy atom. The topological polar surface area (TPSA) is 48.7 Å². The number of nitrogens with one attached hydrogen (secondary N) is 1. The van der Waals surface area contributed by atoms with Gasteiger partial charge in [-0.25, -0.2) is 4.98 Å². The highest BCUT2D eigenvalue weighted by Gasteiger charge is 2.04. The molecule has 1 N–H and O–H groups in total. The first kappa shape index (κ1) is 12.9. The van der Waals surface area contributed by atoms with Crippen LogP contribution < -0.4 is 5.32 Å². The molecule has 5 heteroatoms. The smallest absolute Gasteiger partial charge is 0.133 e. The Morgan fingerprint density at radius 3 is 2.78 bits per heavy atom. The lowest BCUT2D eigenvalue weighted by Gasteiger charge is -2.09. The molecule has 0 fully saturated rings. The van der Waals surface area contributed by atoms with Gasteiger partial charge in [-0.15, -0.1) is 0 Å². The van der Waals surface area contributed by atoms with Gasteiger partial charge in [-0.05, 0) is 52.7 Å². The van der Waals surface area contributed by atoms with E-state index in [4.69, 9.17) is 16.9 Å². The monoisotopic (exact) mass is 321 g/mol. The van der Waals surface area contributed by atoms with Crippen LogP contribution in [0.1, 0.15) is 11.1 Å². The van der Waals surface area contributed by atoms with E-state index in [9.17, 15) is 0 Å². The van der Waals surface area contributed by atoms with Crippen LogP contribution in [0.4, 0.5) is 11.5 Å². The fourth-order valence-corrected chi connectivity index (χ4v) is 2.29. The molecule has 0 amide bonds. The molecule has 0 unspecified atom stereocenters. The lowest BCUT2D eigenvalue weighted by molar-refractivity contribution is 1.29. The second-order valence-corrected chi connectivity index (χ2v) is 5.03. The zero-order valence-electron chi connectivity index (χ0n) is 9.54. The van der Waals surface area contributed by atoms with E-state index in [0.29, 0.717) is 16.5 Å². The Bertz CT molecular complexity index is 635. The van der Waals surface area contributed by atoms with Crippen molar-refractivity contribution in [3.8, 4) is 6.07 Å². The summed E-state index contributed by atoms with van der Waals surface area (Å²) in [5.41, 5.74) is 2.50. The maximum absolute atomic E-state index is 8.87. The Hall–Kier alpha value is -1.57. The number of anilines is 2. The molecule has 0 atom stereocenters. The third-order valence-electron chi connectivity index (χ3n) is 2.31. The van der Waals surface area contributed by atoms with E-state index in [1.54, 1.807) is 6.07 Å². The number of nitrogens with zero attached hydrogens (tertiary/aromatic N) is 2. The van der Waals surface area contributed by atoms with Crippen molar-refractivity contribution in [1.82, 2.24) is 4.98 Å². The molecule has 1 aromatic carbocycles. The van der Waals surface area contributed by atoms with Crippen molar-refractivity contribution >= 4 is 39.0 Å². The average molecular weight is 323 g/mol. The van der Waals surface area contributed by atoms with Crippen molar-refractivity contribution in [1.29, 1.82) is 5.26 Å². The highest BCUT2D eigenvalue weighted by Crippen LogP contribution is 2.27. The van der Waals surface area contributed by atoms with Crippen molar-refractivity contribution in [3.63, 3.8) is 0 Å². The fraction of sp³-hybridized carbons (Fsp3) is 0.0769. The van der Waals surface area contributed by atoms with Crippen molar-refractivity contribution in [3.05, 3.63) is 51.1 Å². The lowest BCUT2D eigenvalue weighted by Crippen LogP contribution is -1.95. The van der Waals surface area contributed by atoms with E-state index in [-0.39, 0.29) is 0 Å². The molecule has 0 radical (unpaired) electrons. The van der Waals surface area contributed by atoms with Crippen LogP contribution in [0.25, 0.3) is 0 Å². The van der Waals surface area contributed by atoms with Gasteiger partial charge in [-0.1, -0.05) is 17.7 Å². The second kappa shape index (κ2) is 5.38. The molecule has 0 saturated heterocycles. The summed E-state index contributed by atoms with van der Waals surface area (Å²) in [6.45, 7) is 2.01. The summed E-state index contributed by atoms with van der Waals surface area (Å²) < 4.78 is 0.933. The van der Waals surface area contributed by atoms with Gasteiger partial charge in [0.15, 0.2) is 0 Å². The van der Waals surface area contributed by atoms with Crippen molar-refractivity contribution in [2.75, 3.05) is 5.32 Å². The molecule has 0 bridgehead atoms. The molecule has 2 aromatic rings. The Balaban J connectivity index is 2.34. The molecule has 2 rings (SSSR count). The maximum atomic E-state index is 8.87. The minimum atomic E-state index is 0.291. The number of benzene rings is 1. The van der Waals surface area contributed by atoms with E-state index in [0.717, 1.165) is 15.7 Å². The summed E-state index contributed by atoms with van der Waals surface area (Å²) in [7, 11) is 0. The van der Waals surface area contributed by atoms with Gasteiger partial charge < -0.3 is 5.32 Å². The first-order valence-electron chi connectivity index (χ1n) is 5.19. The van der Waals surface area contributed by atoms with Crippen molar-refractivity contribution in [2.24, 2.45) is 0 Å². The van der Waals surface area contributed by atoms with E-state index < -0.39 is 0 Å². The predicted molar refractivity (Wildman–Crippen MR) is 76.1 cm³/mol. The number of nitriles is 1. The number of rotatable bonds is 2. The van der Waals surface area contributed by atoms with Crippen LogP contribution in [0.2, 0.25) is 5.15 Å². The third kappa shape index (κ3) is 3.00. The summed E-state index contributed by atoms with van der Waals surface area (Å²) in [6, 6.07) is 11.1. The molecular formula is C13H9BrClN3. The summed E-state index contributed by atoms with van der Waals surface area (Å²) in [4.78, 5) is 4.12. The number of hydrogen-bond donors (Lipinski definition) is 1. The number of pyridine rings is 1. The minimum Gasteiger partial charge on any atom is -0.339 e. The van der Waals surface area contributed by atoms with Gasteiger partial charge in [0.2, 0.25) is 0 Å². The van der Waals surface area contributed by atoms with E-state index in [2.05, 4.69) is 26.2 Å². The maximum Gasteiger partial charge on any atom is 0.133 e. The van der Waals surface area contributed by atoms with Crippen LogP contribution in [-0.2, 0) is 0 Å². The lowest BCUT2D eigenvalue weighted by atomic mass is 10.2. The molecule has 1 heterocycles. The molecule has 90 valence electrons. The Morgan fingerprint density at radius 2 is 2.11 bits per heavy atom. The first-order chi connectivity index (χ1) is 8.58. The SMILES string of the molecule is Cc1ccc(Nc2cc(C#N)cc(Cl)n2)c(Br)c1. The zero-order valence-corrected chi connectivity index (χ0v) is 11.9. The van der Waals surface area contributed by atoms with Gasteiger partial charge >= 0.3 is 0 Å². The molecular weight excluding hydrogens is 314 g/mol. The van der Waals surface area contributed by atoms with Gasteiger partial charge in [0.05, 0.1) is 17.3 Å². The molecule has 0 spiro atoms. The first-order valence-corrected chi connectivity index (χ1v) is 6.36. The van der Waals surface area contributed by atoms with Crippen LogP contribution in [0.5, 0.6) is 0 Å².